The molecule has 0 saturated carbocycles. The van der Waals surface area contributed by atoms with Crippen LogP contribution in [0.2, 0.25) is 0 Å². The molecule has 1 spiro atoms. The van der Waals surface area contributed by atoms with Crippen molar-refractivity contribution in [2.24, 2.45) is 5.41 Å². The van der Waals surface area contributed by atoms with Gasteiger partial charge < -0.3 is 9.32 Å². The van der Waals surface area contributed by atoms with Gasteiger partial charge in [0.1, 0.15) is 11.5 Å². The Kier molecular flexibility index (Phi) is 4.72. The van der Waals surface area contributed by atoms with Crippen LogP contribution in [-0.2, 0) is 6.42 Å². The molecule has 0 amide bonds. The molecule has 8 rings (SSSR count). The first-order valence-electron chi connectivity index (χ1n) is 12.3. The van der Waals surface area contributed by atoms with Gasteiger partial charge in [-0.15, -0.1) is 0 Å². The molecule has 29 heavy (non-hydrogen) atoms. The van der Waals surface area contributed by atoms with E-state index in [1.807, 2.05) is 0 Å². The molecule has 2 fully saturated rings. The maximum atomic E-state index is 6.69. The molecular formula is C26H36N2O. The minimum atomic E-state index is 0.378. The topological polar surface area (TPSA) is 19.6 Å². The van der Waals surface area contributed by atoms with Crippen molar-refractivity contribution in [1.82, 2.24) is 9.80 Å². The summed E-state index contributed by atoms with van der Waals surface area (Å²) in [7, 11) is 0. The second kappa shape index (κ2) is 7.42. The van der Waals surface area contributed by atoms with Crippen LogP contribution in [0.4, 0.5) is 0 Å². The molecule has 1 aliphatic carbocycles. The average molecular weight is 393 g/mol. The van der Waals surface area contributed by atoms with Gasteiger partial charge in [-0.1, -0.05) is 24.3 Å². The lowest BCUT2D eigenvalue weighted by atomic mass is 9.68. The quantitative estimate of drug-likeness (QED) is 0.536. The molecule has 1 aromatic rings. The zero-order valence-corrected chi connectivity index (χ0v) is 17.8. The number of furan rings is 1. The van der Waals surface area contributed by atoms with Crippen LogP contribution >= 0.6 is 0 Å². The second-order valence-corrected chi connectivity index (χ2v) is 10.2. The SMILES string of the molecule is C1=C\CCc2cc3c(o2)C2N4CCCC/C=C\[C@@H]4C[C@]24CN(CCCC/1)CC[C@H]34. The molecule has 7 heterocycles. The lowest BCUT2D eigenvalue weighted by Gasteiger charge is -2.45. The van der Waals surface area contributed by atoms with Gasteiger partial charge >= 0.3 is 0 Å². The van der Waals surface area contributed by atoms with E-state index in [0.717, 1.165) is 12.8 Å². The molecule has 0 aromatic carbocycles. The van der Waals surface area contributed by atoms with Crippen molar-refractivity contribution in [3.05, 3.63) is 47.5 Å². The van der Waals surface area contributed by atoms with Crippen molar-refractivity contribution in [2.75, 3.05) is 26.2 Å². The van der Waals surface area contributed by atoms with E-state index in [4.69, 9.17) is 4.42 Å². The Morgan fingerprint density at radius 2 is 1.79 bits per heavy atom. The molecule has 0 radical (unpaired) electrons. The van der Waals surface area contributed by atoms with E-state index in [1.165, 1.54) is 89.1 Å². The summed E-state index contributed by atoms with van der Waals surface area (Å²) in [4.78, 5) is 5.66. The van der Waals surface area contributed by atoms with Gasteiger partial charge in [0.15, 0.2) is 0 Å². The number of allylic oxidation sites excluding steroid dienone is 3. The van der Waals surface area contributed by atoms with Crippen LogP contribution in [0.15, 0.2) is 34.8 Å². The zero-order chi connectivity index (χ0) is 19.3. The van der Waals surface area contributed by atoms with Crippen LogP contribution in [-0.4, -0.2) is 42.0 Å². The van der Waals surface area contributed by atoms with Gasteiger partial charge in [0.25, 0.3) is 0 Å². The summed E-state index contributed by atoms with van der Waals surface area (Å²) in [6.45, 7) is 5.07. The Hall–Kier alpha value is -1.32. The Labute approximate surface area is 175 Å². The average Bonchev–Trinajstić information content (AvgIpc) is 3.29. The maximum Gasteiger partial charge on any atom is 0.125 e. The van der Waals surface area contributed by atoms with E-state index in [0.29, 0.717) is 23.4 Å². The van der Waals surface area contributed by atoms with Gasteiger partial charge in [0.05, 0.1) is 6.04 Å². The van der Waals surface area contributed by atoms with Gasteiger partial charge in [0.2, 0.25) is 0 Å². The summed E-state index contributed by atoms with van der Waals surface area (Å²) in [5.41, 5.74) is 1.97. The van der Waals surface area contributed by atoms with E-state index in [9.17, 15) is 0 Å². The number of rotatable bonds is 0. The van der Waals surface area contributed by atoms with Crippen LogP contribution < -0.4 is 0 Å². The highest BCUT2D eigenvalue weighted by atomic mass is 16.3. The number of hydrogen-bond acceptors (Lipinski definition) is 3. The monoisotopic (exact) mass is 392 g/mol. The minimum Gasteiger partial charge on any atom is -0.464 e. The van der Waals surface area contributed by atoms with Gasteiger partial charge in [-0.25, -0.2) is 0 Å². The van der Waals surface area contributed by atoms with E-state index in [-0.39, 0.29) is 0 Å². The van der Waals surface area contributed by atoms with Crippen molar-refractivity contribution in [1.29, 1.82) is 0 Å². The Balaban J connectivity index is 1.42. The molecule has 2 unspecified atom stereocenters. The third-order valence-electron chi connectivity index (χ3n) is 8.52. The molecule has 3 heteroatoms. The first kappa shape index (κ1) is 18.4. The van der Waals surface area contributed by atoms with E-state index < -0.39 is 0 Å². The van der Waals surface area contributed by atoms with E-state index in [2.05, 4.69) is 40.2 Å². The van der Waals surface area contributed by atoms with Crippen LogP contribution in [0.5, 0.6) is 0 Å². The number of nitrogens with zero attached hydrogens (tertiary/aromatic N) is 2. The molecule has 5 atom stereocenters. The van der Waals surface area contributed by atoms with Crippen LogP contribution in [0.1, 0.15) is 86.8 Å². The lowest BCUT2D eigenvalue weighted by Crippen LogP contribution is -2.47. The summed E-state index contributed by atoms with van der Waals surface area (Å²) in [6, 6.07) is 3.59. The normalized spacial score (nSPS) is 41.8. The first-order chi connectivity index (χ1) is 14.4. The van der Waals surface area contributed by atoms with Gasteiger partial charge in [-0.3, -0.25) is 4.90 Å². The molecular weight excluding hydrogens is 356 g/mol. The Morgan fingerprint density at radius 1 is 0.931 bits per heavy atom. The van der Waals surface area contributed by atoms with Crippen molar-refractivity contribution in [3.63, 3.8) is 0 Å². The smallest absolute Gasteiger partial charge is 0.125 e. The van der Waals surface area contributed by atoms with E-state index in [1.54, 1.807) is 5.56 Å². The number of fused-ring (bicyclic) bond motifs is 2. The Morgan fingerprint density at radius 3 is 2.76 bits per heavy atom. The molecule has 3 nitrogen and oxygen atoms in total. The van der Waals surface area contributed by atoms with E-state index >= 15 is 0 Å². The largest absolute Gasteiger partial charge is 0.464 e. The molecule has 0 N–H and O–H groups in total. The van der Waals surface area contributed by atoms with Crippen LogP contribution in [0.25, 0.3) is 0 Å². The molecule has 2 saturated heterocycles. The third kappa shape index (κ3) is 2.99. The van der Waals surface area contributed by atoms with Crippen molar-refractivity contribution in [3.8, 4) is 0 Å². The molecule has 6 bridgehead atoms. The summed E-state index contributed by atoms with van der Waals surface area (Å²) < 4.78 is 6.69. The highest BCUT2D eigenvalue weighted by molar-refractivity contribution is 5.42. The summed E-state index contributed by atoms with van der Waals surface area (Å²) >= 11 is 0. The van der Waals surface area contributed by atoms with Gasteiger partial charge in [-0.05, 0) is 95.0 Å². The predicted octanol–water partition coefficient (Wildman–Crippen LogP) is 5.60. The summed E-state index contributed by atoms with van der Waals surface area (Å²) in [6.07, 6.45) is 22.5. The van der Waals surface area contributed by atoms with Crippen molar-refractivity contribution >= 4 is 0 Å². The maximum absolute atomic E-state index is 6.69. The molecule has 7 aliphatic rings. The molecule has 1 aromatic heterocycles. The standard InChI is InChI=1S/C26H36N2O/c1-2-5-9-14-27-16-13-23-22-17-21(12-8-3-1)29-24(22)25-26(23,19-27)18-20-11-7-4-6-10-15-28(20)25/h1,3,7,11,17,20,23,25H,2,4-6,8-10,12-16,18-19H2/b3-1-,11-7-/t20-,23-,25?,26-/m1/s1. The lowest BCUT2D eigenvalue weighted by molar-refractivity contribution is 0.0364. The van der Waals surface area contributed by atoms with Gasteiger partial charge in [-0.2, -0.15) is 0 Å². The Bertz CT molecular complexity index is 808. The fourth-order valence-corrected chi connectivity index (χ4v) is 7.32. The predicted molar refractivity (Wildman–Crippen MR) is 117 cm³/mol. The summed E-state index contributed by atoms with van der Waals surface area (Å²) in [5, 5.41) is 0. The first-order valence-corrected chi connectivity index (χ1v) is 12.3. The number of aryl methyl sites for hydroxylation is 1. The molecule has 6 aliphatic heterocycles. The summed E-state index contributed by atoms with van der Waals surface area (Å²) in [5.74, 6) is 3.30. The highest BCUT2D eigenvalue weighted by Gasteiger charge is 2.64. The second-order valence-electron chi connectivity index (χ2n) is 10.2. The zero-order valence-electron chi connectivity index (χ0n) is 17.8. The highest BCUT2D eigenvalue weighted by Crippen LogP contribution is 2.67. The van der Waals surface area contributed by atoms with Crippen LogP contribution in [0, 0.1) is 5.41 Å². The number of piperidine rings is 1. The molecule has 156 valence electrons. The third-order valence-corrected chi connectivity index (χ3v) is 8.52. The minimum absolute atomic E-state index is 0.378. The fourth-order valence-electron chi connectivity index (χ4n) is 7.32. The van der Waals surface area contributed by atoms with Crippen LogP contribution in [0.3, 0.4) is 0 Å². The fraction of sp³-hybridized carbons (Fsp3) is 0.692. The van der Waals surface area contributed by atoms with Crippen molar-refractivity contribution < 1.29 is 4.42 Å². The number of hydrogen-bond donors (Lipinski definition) is 0. The van der Waals surface area contributed by atoms with Crippen molar-refractivity contribution in [2.45, 2.75) is 82.2 Å². The van der Waals surface area contributed by atoms with Gasteiger partial charge in [0, 0.05) is 24.4 Å².